The van der Waals surface area contributed by atoms with Gasteiger partial charge >= 0.3 is 0 Å². The fourth-order valence-electron chi connectivity index (χ4n) is 1.71. The number of benzene rings is 1. The molecular weight excluding hydrogens is 291 g/mol. The minimum absolute atomic E-state index is 0.302. The number of aryl methyl sites for hydroxylation is 1. The Kier molecular flexibility index (Phi) is 4.70. The number of anilines is 1. The number of rotatable bonds is 4. The van der Waals surface area contributed by atoms with Gasteiger partial charge in [-0.05, 0) is 43.0 Å². The van der Waals surface area contributed by atoms with Crippen LogP contribution < -0.4 is 10.6 Å². The van der Waals surface area contributed by atoms with Crippen molar-refractivity contribution in [2.45, 2.75) is 19.9 Å². The molecule has 0 fully saturated rings. The Labute approximate surface area is 126 Å². The summed E-state index contributed by atoms with van der Waals surface area (Å²) < 4.78 is 13.2. The highest BCUT2D eigenvalue weighted by atomic mass is 32.1. The number of carbonyl (C=O) groups is 2. The molecule has 0 aliphatic heterocycles. The van der Waals surface area contributed by atoms with Crippen LogP contribution in [0.1, 0.15) is 22.2 Å². The van der Waals surface area contributed by atoms with Gasteiger partial charge in [-0.1, -0.05) is 12.1 Å². The summed E-state index contributed by atoms with van der Waals surface area (Å²) in [5.41, 5.74) is 1.15. The molecule has 0 aliphatic rings. The van der Waals surface area contributed by atoms with E-state index in [0.29, 0.717) is 10.6 Å². The van der Waals surface area contributed by atoms with Crippen LogP contribution in [0.2, 0.25) is 0 Å². The molecule has 0 aliphatic carbocycles. The first-order valence-electron chi connectivity index (χ1n) is 6.39. The highest BCUT2D eigenvalue weighted by Crippen LogP contribution is 2.16. The van der Waals surface area contributed by atoms with Crippen LogP contribution in [-0.2, 0) is 4.79 Å². The summed E-state index contributed by atoms with van der Waals surface area (Å²) in [5.74, 6) is -1.12. The fraction of sp³-hybridized carbons (Fsp3) is 0.200. The Balaban J connectivity index is 1.99. The predicted octanol–water partition coefficient (Wildman–Crippen LogP) is 2.95. The van der Waals surface area contributed by atoms with Gasteiger partial charge < -0.3 is 10.6 Å². The van der Waals surface area contributed by atoms with Gasteiger partial charge in [0.2, 0.25) is 5.91 Å². The van der Waals surface area contributed by atoms with E-state index in [1.54, 1.807) is 37.4 Å². The molecule has 110 valence electrons. The maximum atomic E-state index is 13.2. The van der Waals surface area contributed by atoms with Gasteiger partial charge in [0.1, 0.15) is 11.9 Å². The molecule has 0 bridgehead atoms. The lowest BCUT2D eigenvalue weighted by Gasteiger charge is -2.15. The lowest BCUT2D eigenvalue weighted by molar-refractivity contribution is -0.117. The predicted molar refractivity (Wildman–Crippen MR) is 81.0 cm³/mol. The molecule has 2 amide bonds. The highest BCUT2D eigenvalue weighted by Gasteiger charge is 2.17. The van der Waals surface area contributed by atoms with Crippen LogP contribution in [0.3, 0.4) is 0 Å². The molecule has 0 spiro atoms. The number of thiophene rings is 1. The molecular formula is C15H15FN2O2S. The van der Waals surface area contributed by atoms with Crippen LogP contribution in [-0.4, -0.2) is 17.9 Å². The molecule has 0 unspecified atom stereocenters. The lowest BCUT2D eigenvalue weighted by Crippen LogP contribution is -2.41. The quantitative estimate of drug-likeness (QED) is 0.912. The summed E-state index contributed by atoms with van der Waals surface area (Å²) in [6.07, 6.45) is 0. The first kappa shape index (κ1) is 15.2. The number of hydrogen-bond acceptors (Lipinski definition) is 3. The van der Waals surface area contributed by atoms with Crippen molar-refractivity contribution >= 4 is 28.8 Å². The maximum absolute atomic E-state index is 13.2. The molecule has 2 N–H and O–H groups in total. The summed E-state index contributed by atoms with van der Waals surface area (Å²) in [4.78, 5) is 24.4. The Morgan fingerprint density at radius 3 is 2.71 bits per heavy atom. The molecule has 0 saturated heterocycles. The van der Waals surface area contributed by atoms with Crippen LogP contribution in [0.15, 0.2) is 35.7 Å². The van der Waals surface area contributed by atoms with Gasteiger partial charge in [0.05, 0.1) is 4.88 Å². The van der Waals surface area contributed by atoms with Crippen molar-refractivity contribution in [1.29, 1.82) is 0 Å². The van der Waals surface area contributed by atoms with Crippen molar-refractivity contribution in [3.05, 3.63) is 52.0 Å². The number of nitrogens with one attached hydrogen (secondary N) is 2. The Morgan fingerprint density at radius 1 is 1.29 bits per heavy atom. The third kappa shape index (κ3) is 3.88. The zero-order valence-corrected chi connectivity index (χ0v) is 12.5. The van der Waals surface area contributed by atoms with Crippen LogP contribution in [0.25, 0.3) is 0 Å². The minimum Gasteiger partial charge on any atom is -0.340 e. The van der Waals surface area contributed by atoms with E-state index in [1.807, 2.05) is 0 Å². The lowest BCUT2D eigenvalue weighted by atomic mass is 10.2. The normalized spacial score (nSPS) is 11.8. The van der Waals surface area contributed by atoms with Gasteiger partial charge in [-0.2, -0.15) is 0 Å². The van der Waals surface area contributed by atoms with E-state index in [9.17, 15) is 14.0 Å². The molecule has 1 heterocycles. The van der Waals surface area contributed by atoms with Gasteiger partial charge in [-0.3, -0.25) is 9.59 Å². The average Bonchev–Trinajstić information content (AvgIpc) is 2.97. The third-order valence-electron chi connectivity index (χ3n) is 2.94. The van der Waals surface area contributed by atoms with Crippen molar-refractivity contribution in [2.24, 2.45) is 0 Å². The summed E-state index contributed by atoms with van der Waals surface area (Å²) in [5, 5.41) is 7.00. The van der Waals surface area contributed by atoms with E-state index in [2.05, 4.69) is 10.6 Å². The summed E-state index contributed by atoms with van der Waals surface area (Å²) >= 11 is 1.30. The smallest absolute Gasteiger partial charge is 0.261 e. The Bertz CT molecular complexity index is 656. The minimum atomic E-state index is -0.720. The first-order chi connectivity index (χ1) is 9.97. The largest absolute Gasteiger partial charge is 0.340 e. The number of carbonyl (C=O) groups excluding carboxylic acids is 2. The SMILES string of the molecule is Cc1ccc(F)cc1NC(=O)[C@H](C)NC(=O)c1cccs1. The maximum Gasteiger partial charge on any atom is 0.261 e. The third-order valence-corrected chi connectivity index (χ3v) is 3.81. The second-order valence-corrected chi connectivity index (χ2v) is 5.57. The van der Waals surface area contributed by atoms with Gasteiger partial charge in [0, 0.05) is 5.69 Å². The molecule has 2 aromatic rings. The second-order valence-electron chi connectivity index (χ2n) is 4.62. The van der Waals surface area contributed by atoms with Crippen molar-refractivity contribution in [2.75, 3.05) is 5.32 Å². The van der Waals surface area contributed by atoms with Crippen molar-refractivity contribution < 1.29 is 14.0 Å². The standard InChI is InChI=1S/C15H15FN2O2S/c1-9-5-6-11(16)8-12(9)18-14(19)10(2)17-15(20)13-4-3-7-21-13/h3-8,10H,1-2H3,(H,17,20)(H,18,19)/t10-/m0/s1. The Hall–Kier alpha value is -2.21. The molecule has 2 rings (SSSR count). The van der Waals surface area contributed by atoms with Gasteiger partial charge in [0.25, 0.3) is 5.91 Å². The molecule has 1 aromatic heterocycles. The molecule has 1 aromatic carbocycles. The first-order valence-corrected chi connectivity index (χ1v) is 7.26. The van der Waals surface area contributed by atoms with Crippen molar-refractivity contribution in [3.8, 4) is 0 Å². The highest BCUT2D eigenvalue weighted by molar-refractivity contribution is 7.12. The zero-order chi connectivity index (χ0) is 15.4. The van der Waals surface area contributed by atoms with E-state index >= 15 is 0 Å². The molecule has 21 heavy (non-hydrogen) atoms. The van der Waals surface area contributed by atoms with Gasteiger partial charge in [-0.15, -0.1) is 11.3 Å². The van der Waals surface area contributed by atoms with Crippen LogP contribution in [0.4, 0.5) is 10.1 Å². The van der Waals surface area contributed by atoms with Gasteiger partial charge in [0.15, 0.2) is 0 Å². The number of halogens is 1. The zero-order valence-electron chi connectivity index (χ0n) is 11.6. The van der Waals surface area contributed by atoms with E-state index in [4.69, 9.17) is 0 Å². The fourth-order valence-corrected chi connectivity index (χ4v) is 2.34. The van der Waals surface area contributed by atoms with Crippen molar-refractivity contribution in [3.63, 3.8) is 0 Å². The van der Waals surface area contributed by atoms with E-state index in [0.717, 1.165) is 5.56 Å². The number of amides is 2. The van der Waals surface area contributed by atoms with E-state index in [1.165, 1.54) is 23.5 Å². The summed E-state index contributed by atoms with van der Waals surface area (Å²) in [6, 6.07) is 6.89. The van der Waals surface area contributed by atoms with Crippen molar-refractivity contribution in [1.82, 2.24) is 5.32 Å². The van der Waals surface area contributed by atoms with E-state index in [-0.39, 0.29) is 5.91 Å². The summed E-state index contributed by atoms with van der Waals surface area (Å²) in [7, 11) is 0. The molecule has 4 nitrogen and oxygen atoms in total. The summed E-state index contributed by atoms with van der Waals surface area (Å²) in [6.45, 7) is 3.35. The molecule has 1 atom stereocenters. The van der Waals surface area contributed by atoms with E-state index < -0.39 is 17.8 Å². The molecule has 0 radical (unpaired) electrons. The van der Waals surface area contributed by atoms with Crippen LogP contribution >= 0.6 is 11.3 Å². The van der Waals surface area contributed by atoms with Gasteiger partial charge in [-0.25, -0.2) is 4.39 Å². The second kappa shape index (κ2) is 6.49. The topological polar surface area (TPSA) is 58.2 Å². The average molecular weight is 306 g/mol. The van der Waals surface area contributed by atoms with Crippen LogP contribution in [0.5, 0.6) is 0 Å². The van der Waals surface area contributed by atoms with Crippen LogP contribution in [0, 0.1) is 12.7 Å². The number of hydrogen-bond donors (Lipinski definition) is 2. The Morgan fingerprint density at radius 2 is 2.05 bits per heavy atom. The molecule has 0 saturated carbocycles. The molecule has 6 heteroatoms. The monoisotopic (exact) mass is 306 g/mol.